The lowest BCUT2D eigenvalue weighted by Gasteiger charge is -2.10. The number of anilines is 2. The Morgan fingerprint density at radius 2 is 2.13 bits per heavy atom. The van der Waals surface area contributed by atoms with Gasteiger partial charge in [0.15, 0.2) is 0 Å². The van der Waals surface area contributed by atoms with Crippen molar-refractivity contribution in [3.05, 3.63) is 23.8 Å². The van der Waals surface area contributed by atoms with Crippen LogP contribution in [0.25, 0.3) is 0 Å². The van der Waals surface area contributed by atoms with Crippen molar-refractivity contribution in [1.82, 2.24) is 0 Å². The molecule has 3 heteroatoms. The predicted molar refractivity (Wildman–Crippen MR) is 64.3 cm³/mol. The zero-order valence-corrected chi connectivity index (χ0v) is 9.55. The minimum absolute atomic E-state index is 0.0364. The van der Waals surface area contributed by atoms with Gasteiger partial charge in [0, 0.05) is 24.8 Å². The molecule has 82 valence electrons. The van der Waals surface area contributed by atoms with E-state index in [1.54, 1.807) is 0 Å². The van der Waals surface area contributed by atoms with Crippen molar-refractivity contribution in [2.45, 2.75) is 27.2 Å². The fourth-order valence-corrected chi connectivity index (χ4v) is 1.33. The zero-order valence-electron chi connectivity index (χ0n) is 9.55. The SMILES string of the molecule is CCCNc1ccc(C)c(NC(C)=O)c1. The molecule has 3 nitrogen and oxygen atoms in total. The molecule has 0 bridgehead atoms. The first-order valence-corrected chi connectivity index (χ1v) is 5.25. The van der Waals surface area contributed by atoms with Gasteiger partial charge in [0.1, 0.15) is 0 Å². The van der Waals surface area contributed by atoms with Gasteiger partial charge in [-0.25, -0.2) is 0 Å². The van der Waals surface area contributed by atoms with E-state index in [0.717, 1.165) is 29.9 Å². The van der Waals surface area contributed by atoms with E-state index >= 15 is 0 Å². The smallest absolute Gasteiger partial charge is 0.221 e. The van der Waals surface area contributed by atoms with Gasteiger partial charge in [-0.3, -0.25) is 4.79 Å². The molecule has 0 fully saturated rings. The van der Waals surface area contributed by atoms with Gasteiger partial charge < -0.3 is 10.6 Å². The van der Waals surface area contributed by atoms with Crippen LogP contribution in [0.2, 0.25) is 0 Å². The lowest BCUT2D eigenvalue weighted by atomic mass is 10.1. The highest BCUT2D eigenvalue weighted by Gasteiger charge is 2.01. The van der Waals surface area contributed by atoms with Crippen LogP contribution in [-0.4, -0.2) is 12.5 Å². The summed E-state index contributed by atoms with van der Waals surface area (Å²) in [5.74, 6) is -0.0364. The third kappa shape index (κ3) is 3.62. The van der Waals surface area contributed by atoms with Gasteiger partial charge in [-0.05, 0) is 31.0 Å². The molecule has 1 aromatic rings. The highest BCUT2D eigenvalue weighted by Crippen LogP contribution is 2.20. The topological polar surface area (TPSA) is 41.1 Å². The molecule has 0 aliphatic rings. The molecule has 0 saturated heterocycles. The van der Waals surface area contributed by atoms with Crippen LogP contribution in [0, 0.1) is 6.92 Å². The quantitative estimate of drug-likeness (QED) is 0.795. The minimum atomic E-state index is -0.0364. The Balaban J connectivity index is 2.80. The second-order valence-electron chi connectivity index (χ2n) is 3.64. The lowest BCUT2D eigenvalue weighted by molar-refractivity contribution is -0.114. The normalized spacial score (nSPS) is 9.80. The van der Waals surface area contributed by atoms with Gasteiger partial charge in [0.05, 0.1) is 0 Å². The highest BCUT2D eigenvalue weighted by atomic mass is 16.1. The van der Waals surface area contributed by atoms with Crippen LogP contribution in [0.1, 0.15) is 25.8 Å². The van der Waals surface area contributed by atoms with Gasteiger partial charge in [-0.2, -0.15) is 0 Å². The number of hydrogen-bond acceptors (Lipinski definition) is 2. The third-order valence-corrected chi connectivity index (χ3v) is 2.13. The van der Waals surface area contributed by atoms with E-state index in [9.17, 15) is 4.79 Å². The third-order valence-electron chi connectivity index (χ3n) is 2.13. The lowest BCUT2D eigenvalue weighted by Crippen LogP contribution is -2.08. The summed E-state index contributed by atoms with van der Waals surface area (Å²) in [6.07, 6.45) is 1.09. The van der Waals surface area contributed by atoms with Crippen LogP contribution in [0.3, 0.4) is 0 Å². The average molecular weight is 206 g/mol. The molecule has 0 aromatic heterocycles. The maximum absolute atomic E-state index is 11.0. The highest BCUT2D eigenvalue weighted by molar-refractivity contribution is 5.90. The molecule has 1 amide bonds. The van der Waals surface area contributed by atoms with Crippen LogP contribution in [0.15, 0.2) is 18.2 Å². The summed E-state index contributed by atoms with van der Waals surface area (Å²) in [5.41, 5.74) is 3.00. The van der Waals surface area contributed by atoms with Gasteiger partial charge in [0.25, 0.3) is 0 Å². The molecule has 0 saturated carbocycles. The number of nitrogens with one attached hydrogen (secondary N) is 2. The maximum atomic E-state index is 11.0. The first-order chi connectivity index (χ1) is 7.13. The largest absolute Gasteiger partial charge is 0.385 e. The molecular formula is C12H18N2O. The Kier molecular flexibility index (Phi) is 4.16. The number of hydrogen-bond donors (Lipinski definition) is 2. The fraction of sp³-hybridized carbons (Fsp3) is 0.417. The molecule has 0 unspecified atom stereocenters. The van der Waals surface area contributed by atoms with Crippen molar-refractivity contribution in [3.63, 3.8) is 0 Å². The summed E-state index contributed by atoms with van der Waals surface area (Å²) >= 11 is 0. The van der Waals surface area contributed by atoms with Crippen molar-refractivity contribution in [2.75, 3.05) is 17.2 Å². The molecule has 0 spiro atoms. The summed E-state index contributed by atoms with van der Waals surface area (Å²) in [6.45, 7) is 6.57. The molecule has 15 heavy (non-hydrogen) atoms. The van der Waals surface area contributed by atoms with E-state index in [1.807, 2.05) is 25.1 Å². The maximum Gasteiger partial charge on any atom is 0.221 e. The second-order valence-corrected chi connectivity index (χ2v) is 3.64. The van der Waals surface area contributed by atoms with E-state index in [2.05, 4.69) is 17.6 Å². The molecule has 1 aromatic carbocycles. The number of rotatable bonds is 4. The predicted octanol–water partition coefficient (Wildman–Crippen LogP) is 2.78. The fourth-order valence-electron chi connectivity index (χ4n) is 1.33. The molecule has 1 rings (SSSR count). The van der Waals surface area contributed by atoms with E-state index < -0.39 is 0 Å². The molecular weight excluding hydrogens is 188 g/mol. The van der Waals surface area contributed by atoms with Crippen LogP contribution in [0.5, 0.6) is 0 Å². The summed E-state index contributed by atoms with van der Waals surface area (Å²) in [6, 6.07) is 5.99. The van der Waals surface area contributed by atoms with Crippen molar-refractivity contribution < 1.29 is 4.79 Å². The minimum Gasteiger partial charge on any atom is -0.385 e. The van der Waals surface area contributed by atoms with E-state index in [1.165, 1.54) is 6.92 Å². The number of benzene rings is 1. The van der Waals surface area contributed by atoms with E-state index in [-0.39, 0.29) is 5.91 Å². The van der Waals surface area contributed by atoms with Crippen molar-refractivity contribution >= 4 is 17.3 Å². The first-order valence-electron chi connectivity index (χ1n) is 5.25. The Bertz CT molecular complexity index is 347. The van der Waals surface area contributed by atoms with Gasteiger partial charge in [-0.15, -0.1) is 0 Å². The average Bonchev–Trinajstić information content (AvgIpc) is 2.18. The second kappa shape index (κ2) is 5.39. The summed E-state index contributed by atoms with van der Waals surface area (Å²) in [5, 5.41) is 6.09. The van der Waals surface area contributed by atoms with Gasteiger partial charge >= 0.3 is 0 Å². The standard InChI is InChI=1S/C12H18N2O/c1-4-7-13-11-6-5-9(2)12(8-11)14-10(3)15/h5-6,8,13H,4,7H2,1-3H3,(H,14,15). The number of carbonyl (C=O) groups is 1. The monoisotopic (exact) mass is 206 g/mol. The molecule has 0 heterocycles. The van der Waals surface area contributed by atoms with Gasteiger partial charge in [-0.1, -0.05) is 13.0 Å². The Morgan fingerprint density at radius 3 is 2.73 bits per heavy atom. The van der Waals surface area contributed by atoms with Crippen LogP contribution >= 0.6 is 0 Å². The zero-order chi connectivity index (χ0) is 11.3. The van der Waals surface area contributed by atoms with Crippen molar-refractivity contribution in [3.8, 4) is 0 Å². The number of carbonyl (C=O) groups excluding carboxylic acids is 1. The number of amides is 1. The van der Waals surface area contributed by atoms with Crippen molar-refractivity contribution in [2.24, 2.45) is 0 Å². The molecule has 0 aliphatic carbocycles. The molecule has 0 radical (unpaired) electrons. The summed E-state index contributed by atoms with van der Waals surface area (Å²) in [4.78, 5) is 11.0. The molecule has 0 aliphatic heterocycles. The molecule has 2 N–H and O–H groups in total. The Labute approximate surface area is 90.9 Å². The van der Waals surface area contributed by atoms with Gasteiger partial charge in [0.2, 0.25) is 5.91 Å². The first kappa shape index (κ1) is 11.6. The van der Waals surface area contributed by atoms with E-state index in [0.29, 0.717) is 0 Å². The van der Waals surface area contributed by atoms with Crippen LogP contribution in [0.4, 0.5) is 11.4 Å². The van der Waals surface area contributed by atoms with Crippen molar-refractivity contribution in [1.29, 1.82) is 0 Å². The van der Waals surface area contributed by atoms with E-state index in [4.69, 9.17) is 0 Å². The Morgan fingerprint density at radius 1 is 1.40 bits per heavy atom. The van der Waals surface area contributed by atoms with Crippen LogP contribution in [-0.2, 0) is 4.79 Å². The Hall–Kier alpha value is -1.51. The number of aryl methyl sites for hydroxylation is 1. The van der Waals surface area contributed by atoms with Crippen LogP contribution < -0.4 is 10.6 Å². The molecule has 0 atom stereocenters. The summed E-state index contributed by atoms with van der Waals surface area (Å²) in [7, 11) is 0. The summed E-state index contributed by atoms with van der Waals surface area (Å²) < 4.78 is 0.